The van der Waals surface area contributed by atoms with Gasteiger partial charge in [0.05, 0.1) is 5.71 Å². The van der Waals surface area contributed by atoms with Crippen molar-refractivity contribution in [2.75, 3.05) is 5.32 Å². The lowest BCUT2D eigenvalue weighted by atomic mass is 10.1. The lowest BCUT2D eigenvalue weighted by Crippen LogP contribution is -2.35. The van der Waals surface area contributed by atoms with Crippen LogP contribution in [0, 0.1) is 6.92 Å². The van der Waals surface area contributed by atoms with Crippen molar-refractivity contribution in [1.29, 1.82) is 0 Å². The molecule has 2 aromatic rings. The number of nitrogens with one attached hydrogen (secondary N) is 2. The van der Waals surface area contributed by atoms with Crippen molar-refractivity contribution >= 4 is 44.8 Å². The zero-order chi connectivity index (χ0) is 17.7. The SMILES string of the molecule is C/C(=N\NC(=O)C(C)Nc1ccc(Cl)cc1C)c1ccc(Br)cc1. The Morgan fingerprint density at radius 2 is 1.88 bits per heavy atom. The number of benzene rings is 2. The summed E-state index contributed by atoms with van der Waals surface area (Å²) >= 11 is 9.33. The van der Waals surface area contributed by atoms with Crippen molar-refractivity contribution in [3.05, 3.63) is 63.1 Å². The predicted molar refractivity (Wildman–Crippen MR) is 104 cm³/mol. The van der Waals surface area contributed by atoms with Gasteiger partial charge in [-0.05, 0) is 62.2 Å². The Morgan fingerprint density at radius 1 is 1.21 bits per heavy atom. The van der Waals surface area contributed by atoms with E-state index in [1.165, 1.54) is 0 Å². The van der Waals surface area contributed by atoms with Gasteiger partial charge in [-0.15, -0.1) is 0 Å². The molecule has 0 aliphatic heterocycles. The van der Waals surface area contributed by atoms with Crippen molar-refractivity contribution in [2.45, 2.75) is 26.8 Å². The van der Waals surface area contributed by atoms with Crippen molar-refractivity contribution in [3.63, 3.8) is 0 Å². The number of hydrogen-bond acceptors (Lipinski definition) is 3. The summed E-state index contributed by atoms with van der Waals surface area (Å²) in [5.74, 6) is -0.208. The van der Waals surface area contributed by atoms with Crippen LogP contribution in [0.1, 0.15) is 25.0 Å². The van der Waals surface area contributed by atoms with Gasteiger partial charge in [0.2, 0.25) is 0 Å². The van der Waals surface area contributed by atoms with E-state index < -0.39 is 6.04 Å². The molecule has 0 aliphatic rings. The van der Waals surface area contributed by atoms with Crippen molar-refractivity contribution in [2.24, 2.45) is 5.10 Å². The molecule has 0 heterocycles. The first kappa shape index (κ1) is 18.5. The van der Waals surface area contributed by atoms with Crippen molar-refractivity contribution in [3.8, 4) is 0 Å². The van der Waals surface area contributed by atoms with E-state index in [0.29, 0.717) is 5.02 Å². The van der Waals surface area contributed by atoms with Crippen LogP contribution < -0.4 is 10.7 Å². The number of nitrogens with zero attached hydrogens (tertiary/aromatic N) is 1. The van der Waals surface area contributed by atoms with Crippen LogP contribution in [0.5, 0.6) is 0 Å². The van der Waals surface area contributed by atoms with E-state index in [2.05, 4.69) is 31.8 Å². The zero-order valence-corrected chi connectivity index (χ0v) is 16.1. The molecule has 0 saturated heterocycles. The normalized spacial score (nSPS) is 12.6. The van der Waals surface area contributed by atoms with Crippen LogP contribution in [-0.2, 0) is 4.79 Å². The fraction of sp³-hybridized carbons (Fsp3) is 0.222. The highest BCUT2D eigenvalue weighted by Gasteiger charge is 2.13. The predicted octanol–water partition coefficient (Wildman–Crippen LogP) is 4.75. The van der Waals surface area contributed by atoms with Crippen LogP contribution in [-0.4, -0.2) is 17.7 Å². The maximum Gasteiger partial charge on any atom is 0.262 e. The van der Waals surface area contributed by atoms with Gasteiger partial charge in [-0.3, -0.25) is 4.79 Å². The molecule has 1 amide bonds. The Labute approximate surface area is 155 Å². The Hall–Kier alpha value is -1.85. The number of anilines is 1. The second-order valence-corrected chi connectivity index (χ2v) is 6.86. The molecule has 6 heteroatoms. The number of rotatable bonds is 5. The maximum atomic E-state index is 12.2. The van der Waals surface area contributed by atoms with Crippen molar-refractivity contribution in [1.82, 2.24) is 5.43 Å². The standard InChI is InChI=1S/C18H19BrClN3O/c1-11-10-16(20)8-9-17(11)21-13(3)18(24)23-22-12(2)14-4-6-15(19)7-5-14/h4-10,13,21H,1-3H3,(H,23,24)/b22-12+. The van der Waals surface area contributed by atoms with E-state index in [1.807, 2.05) is 50.2 Å². The van der Waals surface area contributed by atoms with E-state index in [4.69, 9.17) is 11.6 Å². The third kappa shape index (κ3) is 5.08. The van der Waals surface area contributed by atoms with E-state index in [9.17, 15) is 4.79 Å². The number of hydrogen-bond donors (Lipinski definition) is 2. The minimum atomic E-state index is -0.425. The molecule has 1 atom stereocenters. The number of carbonyl (C=O) groups is 1. The molecule has 0 fully saturated rings. The Kier molecular flexibility index (Phi) is 6.40. The summed E-state index contributed by atoms with van der Waals surface area (Å²) in [4.78, 5) is 12.2. The second kappa shape index (κ2) is 8.31. The van der Waals surface area contributed by atoms with Crippen LogP contribution in [0.25, 0.3) is 0 Å². The Morgan fingerprint density at radius 3 is 2.50 bits per heavy atom. The summed E-state index contributed by atoms with van der Waals surface area (Å²) < 4.78 is 0.999. The van der Waals surface area contributed by atoms with Gasteiger partial charge in [0.25, 0.3) is 5.91 Å². The average Bonchev–Trinajstić information content (AvgIpc) is 2.55. The minimum absolute atomic E-state index is 0.208. The molecule has 0 aromatic heterocycles. The average molecular weight is 409 g/mol. The molecule has 126 valence electrons. The maximum absolute atomic E-state index is 12.2. The van der Waals surface area contributed by atoms with Crippen LogP contribution in [0.4, 0.5) is 5.69 Å². The monoisotopic (exact) mass is 407 g/mol. The van der Waals surface area contributed by atoms with Gasteiger partial charge < -0.3 is 5.32 Å². The molecule has 4 nitrogen and oxygen atoms in total. The van der Waals surface area contributed by atoms with Gasteiger partial charge in [-0.25, -0.2) is 5.43 Å². The van der Waals surface area contributed by atoms with Crippen LogP contribution in [0.3, 0.4) is 0 Å². The quantitative estimate of drug-likeness (QED) is 0.554. The second-order valence-electron chi connectivity index (χ2n) is 5.51. The fourth-order valence-electron chi connectivity index (χ4n) is 2.08. The van der Waals surface area contributed by atoms with Crippen LogP contribution in [0.2, 0.25) is 5.02 Å². The van der Waals surface area contributed by atoms with Crippen LogP contribution in [0.15, 0.2) is 52.0 Å². The molecule has 2 N–H and O–H groups in total. The first-order valence-electron chi connectivity index (χ1n) is 7.49. The van der Waals surface area contributed by atoms with E-state index >= 15 is 0 Å². The third-order valence-electron chi connectivity index (χ3n) is 3.55. The molecule has 2 aromatic carbocycles. The van der Waals surface area contributed by atoms with Gasteiger partial charge in [0, 0.05) is 15.2 Å². The number of aryl methyl sites for hydroxylation is 1. The number of carbonyl (C=O) groups excluding carboxylic acids is 1. The van der Waals surface area contributed by atoms with E-state index in [0.717, 1.165) is 27.0 Å². The number of amides is 1. The first-order chi connectivity index (χ1) is 11.4. The lowest BCUT2D eigenvalue weighted by Gasteiger charge is -2.16. The Balaban J connectivity index is 1.98. The molecule has 0 bridgehead atoms. The van der Waals surface area contributed by atoms with E-state index in [-0.39, 0.29) is 5.91 Å². The highest BCUT2D eigenvalue weighted by molar-refractivity contribution is 9.10. The van der Waals surface area contributed by atoms with Gasteiger partial charge in [0.1, 0.15) is 6.04 Å². The summed E-state index contributed by atoms with van der Waals surface area (Å²) in [6, 6.07) is 12.8. The van der Waals surface area contributed by atoms with Gasteiger partial charge in [-0.2, -0.15) is 5.10 Å². The van der Waals surface area contributed by atoms with Crippen LogP contribution >= 0.6 is 27.5 Å². The topological polar surface area (TPSA) is 53.5 Å². The lowest BCUT2D eigenvalue weighted by molar-refractivity contribution is -0.121. The summed E-state index contributed by atoms with van der Waals surface area (Å²) in [5, 5.41) is 8.00. The molecule has 2 rings (SSSR count). The first-order valence-corrected chi connectivity index (χ1v) is 8.66. The number of halogens is 2. The van der Waals surface area contributed by atoms with Gasteiger partial charge in [0.15, 0.2) is 0 Å². The summed E-state index contributed by atoms with van der Waals surface area (Å²) in [5.41, 5.74) is 6.14. The molecular formula is C18H19BrClN3O. The Bertz CT molecular complexity index is 759. The zero-order valence-electron chi connectivity index (χ0n) is 13.7. The van der Waals surface area contributed by atoms with E-state index in [1.54, 1.807) is 13.0 Å². The summed E-state index contributed by atoms with van der Waals surface area (Å²) in [7, 11) is 0. The molecule has 0 saturated carbocycles. The summed E-state index contributed by atoms with van der Waals surface area (Å²) in [6.07, 6.45) is 0. The summed E-state index contributed by atoms with van der Waals surface area (Å²) in [6.45, 7) is 5.58. The highest BCUT2D eigenvalue weighted by Crippen LogP contribution is 2.20. The largest absolute Gasteiger partial charge is 0.374 e. The molecule has 24 heavy (non-hydrogen) atoms. The smallest absolute Gasteiger partial charge is 0.262 e. The van der Waals surface area contributed by atoms with Crippen molar-refractivity contribution < 1.29 is 4.79 Å². The molecule has 0 aliphatic carbocycles. The molecule has 1 unspecified atom stereocenters. The van der Waals surface area contributed by atoms with Gasteiger partial charge in [-0.1, -0.05) is 39.7 Å². The molecule has 0 radical (unpaired) electrons. The highest BCUT2D eigenvalue weighted by atomic mass is 79.9. The van der Waals surface area contributed by atoms with Gasteiger partial charge >= 0.3 is 0 Å². The fourth-order valence-corrected chi connectivity index (χ4v) is 2.57. The third-order valence-corrected chi connectivity index (χ3v) is 4.31. The molecular weight excluding hydrogens is 390 g/mol. The number of hydrazone groups is 1. The minimum Gasteiger partial charge on any atom is -0.374 e. The molecule has 0 spiro atoms.